The van der Waals surface area contributed by atoms with Crippen LogP contribution in [0.1, 0.15) is 30.0 Å². The maximum absolute atomic E-state index is 13.5. The molecule has 34 heavy (non-hydrogen) atoms. The summed E-state index contributed by atoms with van der Waals surface area (Å²) in [6, 6.07) is 19.9. The van der Waals surface area contributed by atoms with Crippen LogP contribution in [0.2, 0.25) is 10.0 Å². The van der Waals surface area contributed by atoms with Gasteiger partial charge < -0.3 is 5.11 Å². The van der Waals surface area contributed by atoms with Crippen molar-refractivity contribution < 1.29 is 19.5 Å². The fraction of sp³-hybridized carbons (Fsp3) is 0.200. The minimum Gasteiger partial charge on any atom is -0.361 e. The Bertz CT molecular complexity index is 1260. The smallest absolute Gasteiger partial charge is 0.254 e. The van der Waals surface area contributed by atoms with Gasteiger partial charge in [-0.1, -0.05) is 81.6 Å². The second-order valence-electron chi connectivity index (χ2n) is 8.26. The third-order valence-electron chi connectivity index (χ3n) is 6.10. The van der Waals surface area contributed by atoms with E-state index in [2.05, 4.69) is 15.9 Å². The Kier molecular flexibility index (Phi) is 6.27. The summed E-state index contributed by atoms with van der Waals surface area (Å²) in [6.07, 6.45) is 0.0855. The average Bonchev–Trinajstić information content (AvgIpc) is 3.33. The number of benzene rings is 3. The van der Waals surface area contributed by atoms with Gasteiger partial charge in [0.25, 0.3) is 5.91 Å². The number of carbonyl (C=O) groups is 2. The van der Waals surface area contributed by atoms with E-state index in [1.807, 2.05) is 42.5 Å². The van der Waals surface area contributed by atoms with Gasteiger partial charge in [-0.2, -0.15) is 5.06 Å². The molecule has 0 aliphatic carbocycles. The van der Waals surface area contributed by atoms with Gasteiger partial charge in [-0.05, 0) is 35.9 Å². The van der Waals surface area contributed by atoms with E-state index in [1.165, 1.54) is 11.1 Å². The standard InChI is InChI=1S/C25H19BrCl2N2O4/c26-17-8-6-16(7-9-17)25(33)14-22(15-4-2-1-3-5-15)30(34-25)21-13-23(31)29(24(21)32)18-10-11-19(27)20(28)12-18/h1-12,21-22,33H,13-14H2/t21-,22-,25+/m0/s1. The molecule has 3 atom stereocenters. The third-order valence-corrected chi connectivity index (χ3v) is 7.37. The van der Waals surface area contributed by atoms with E-state index in [4.69, 9.17) is 28.0 Å². The summed E-state index contributed by atoms with van der Waals surface area (Å²) in [5.74, 6) is -2.51. The fourth-order valence-electron chi connectivity index (χ4n) is 4.44. The molecule has 0 saturated carbocycles. The maximum atomic E-state index is 13.5. The highest BCUT2D eigenvalue weighted by molar-refractivity contribution is 9.10. The normalized spacial score (nSPS) is 25.4. The number of hydroxylamine groups is 2. The first-order valence-electron chi connectivity index (χ1n) is 10.6. The van der Waals surface area contributed by atoms with Gasteiger partial charge in [0.15, 0.2) is 0 Å². The molecule has 0 aromatic heterocycles. The molecule has 0 bridgehead atoms. The SMILES string of the molecule is O=C1C[C@H](N2O[C@@](O)(c3ccc(Br)cc3)C[C@H]2c2ccccc2)C(=O)N1c1ccc(Cl)c(Cl)c1. The second kappa shape index (κ2) is 9.07. The lowest BCUT2D eigenvalue weighted by atomic mass is 9.94. The molecule has 1 N–H and O–H groups in total. The summed E-state index contributed by atoms with van der Waals surface area (Å²) in [5, 5.41) is 13.5. The number of halogens is 3. The number of imide groups is 1. The average molecular weight is 562 g/mol. The molecule has 6 nitrogen and oxygen atoms in total. The summed E-state index contributed by atoms with van der Waals surface area (Å²) in [4.78, 5) is 33.6. The molecular formula is C25H19BrCl2N2O4. The van der Waals surface area contributed by atoms with Gasteiger partial charge in [-0.25, -0.2) is 4.90 Å². The fourth-order valence-corrected chi connectivity index (χ4v) is 5.00. The number of hydrogen-bond donors (Lipinski definition) is 1. The van der Waals surface area contributed by atoms with Crippen LogP contribution in [0.3, 0.4) is 0 Å². The lowest BCUT2D eigenvalue weighted by molar-refractivity contribution is -0.303. The number of nitrogens with zero attached hydrogens (tertiary/aromatic N) is 2. The van der Waals surface area contributed by atoms with Gasteiger partial charge >= 0.3 is 0 Å². The van der Waals surface area contributed by atoms with E-state index in [9.17, 15) is 14.7 Å². The topological polar surface area (TPSA) is 70.1 Å². The van der Waals surface area contributed by atoms with Gasteiger partial charge in [0.05, 0.1) is 28.2 Å². The Balaban J connectivity index is 1.51. The molecule has 2 amide bonds. The Labute approximate surface area is 214 Å². The lowest BCUT2D eigenvalue weighted by Crippen LogP contribution is -2.42. The molecule has 0 radical (unpaired) electrons. The second-order valence-corrected chi connectivity index (χ2v) is 9.99. The van der Waals surface area contributed by atoms with Crippen molar-refractivity contribution in [2.24, 2.45) is 0 Å². The Morgan fingerprint density at radius 3 is 2.32 bits per heavy atom. The highest BCUT2D eigenvalue weighted by Gasteiger charge is 2.54. The van der Waals surface area contributed by atoms with Crippen molar-refractivity contribution in [2.75, 3.05) is 4.90 Å². The molecule has 0 unspecified atom stereocenters. The molecule has 0 spiro atoms. The van der Waals surface area contributed by atoms with Crippen molar-refractivity contribution in [3.8, 4) is 0 Å². The number of anilines is 1. The Morgan fingerprint density at radius 2 is 1.65 bits per heavy atom. The highest BCUT2D eigenvalue weighted by atomic mass is 79.9. The van der Waals surface area contributed by atoms with Crippen LogP contribution >= 0.6 is 39.1 Å². The minimum atomic E-state index is -1.67. The zero-order valence-electron chi connectivity index (χ0n) is 17.7. The Hall–Kier alpha value is -2.26. The van der Waals surface area contributed by atoms with Crippen molar-refractivity contribution in [1.29, 1.82) is 0 Å². The first-order valence-corrected chi connectivity index (χ1v) is 12.1. The van der Waals surface area contributed by atoms with Crippen LogP contribution in [-0.4, -0.2) is 28.0 Å². The first-order chi connectivity index (χ1) is 16.3. The van der Waals surface area contributed by atoms with Gasteiger partial charge in [0.1, 0.15) is 6.04 Å². The van der Waals surface area contributed by atoms with Gasteiger partial charge in [0.2, 0.25) is 11.7 Å². The van der Waals surface area contributed by atoms with E-state index < -0.39 is 23.8 Å². The predicted octanol–water partition coefficient (Wildman–Crippen LogP) is 5.61. The molecule has 2 fully saturated rings. The van der Waals surface area contributed by atoms with Crippen molar-refractivity contribution in [1.82, 2.24) is 5.06 Å². The van der Waals surface area contributed by atoms with Crippen LogP contribution in [0.4, 0.5) is 5.69 Å². The van der Waals surface area contributed by atoms with Crippen LogP contribution in [0.25, 0.3) is 0 Å². The summed E-state index contributed by atoms with van der Waals surface area (Å²) in [7, 11) is 0. The van der Waals surface area contributed by atoms with E-state index in [-0.39, 0.29) is 23.8 Å². The predicted molar refractivity (Wildman–Crippen MR) is 132 cm³/mol. The number of carbonyl (C=O) groups excluding carboxylic acids is 2. The van der Waals surface area contributed by atoms with Crippen molar-refractivity contribution in [3.63, 3.8) is 0 Å². The van der Waals surface area contributed by atoms with Crippen LogP contribution in [0, 0.1) is 0 Å². The molecular weight excluding hydrogens is 543 g/mol. The number of hydrogen-bond acceptors (Lipinski definition) is 5. The van der Waals surface area contributed by atoms with Crippen molar-refractivity contribution >= 4 is 56.6 Å². The number of aliphatic hydroxyl groups is 1. The van der Waals surface area contributed by atoms with Crippen LogP contribution in [-0.2, 0) is 20.2 Å². The Morgan fingerprint density at radius 1 is 0.941 bits per heavy atom. The van der Waals surface area contributed by atoms with Gasteiger partial charge in [0, 0.05) is 16.5 Å². The van der Waals surface area contributed by atoms with E-state index in [1.54, 1.807) is 24.3 Å². The summed E-state index contributed by atoms with van der Waals surface area (Å²) in [5.41, 5.74) is 1.76. The maximum Gasteiger partial charge on any atom is 0.254 e. The van der Waals surface area contributed by atoms with E-state index in [0.29, 0.717) is 16.3 Å². The first kappa shape index (κ1) is 23.5. The number of rotatable bonds is 4. The number of amides is 2. The summed E-state index contributed by atoms with van der Waals surface area (Å²) < 4.78 is 0.864. The molecule has 3 aromatic carbocycles. The molecule has 174 valence electrons. The monoisotopic (exact) mass is 560 g/mol. The molecule has 2 saturated heterocycles. The molecule has 5 rings (SSSR count). The zero-order valence-corrected chi connectivity index (χ0v) is 20.8. The summed E-state index contributed by atoms with van der Waals surface area (Å²) in [6.45, 7) is 0. The zero-order chi connectivity index (χ0) is 24.0. The van der Waals surface area contributed by atoms with Gasteiger partial charge in [-0.15, -0.1) is 0 Å². The molecule has 3 aromatic rings. The highest BCUT2D eigenvalue weighted by Crippen LogP contribution is 2.47. The van der Waals surface area contributed by atoms with Crippen LogP contribution in [0.5, 0.6) is 0 Å². The van der Waals surface area contributed by atoms with Gasteiger partial charge in [-0.3, -0.25) is 14.4 Å². The molecule has 2 aliphatic rings. The van der Waals surface area contributed by atoms with Crippen molar-refractivity contribution in [3.05, 3.63) is 98.4 Å². The molecule has 9 heteroatoms. The van der Waals surface area contributed by atoms with E-state index in [0.717, 1.165) is 14.9 Å². The molecule has 2 heterocycles. The quantitative estimate of drug-likeness (QED) is 0.419. The summed E-state index contributed by atoms with van der Waals surface area (Å²) >= 11 is 15.5. The molecule has 2 aliphatic heterocycles. The van der Waals surface area contributed by atoms with Crippen LogP contribution < -0.4 is 4.90 Å². The lowest BCUT2D eigenvalue weighted by Gasteiger charge is -2.28. The van der Waals surface area contributed by atoms with Crippen LogP contribution in [0.15, 0.2) is 77.3 Å². The third kappa shape index (κ3) is 4.17. The largest absolute Gasteiger partial charge is 0.361 e. The minimum absolute atomic E-state index is 0.0984. The van der Waals surface area contributed by atoms with E-state index >= 15 is 0 Å². The van der Waals surface area contributed by atoms with Crippen molar-refractivity contribution in [2.45, 2.75) is 30.7 Å².